The number of rotatable bonds is 5. The molecule has 0 spiro atoms. The zero-order chi connectivity index (χ0) is 12.8. The summed E-state index contributed by atoms with van der Waals surface area (Å²) in [6.45, 7) is 4.28. The molecule has 1 aliphatic rings. The van der Waals surface area contributed by atoms with Gasteiger partial charge in [-0.15, -0.1) is 0 Å². The fourth-order valence-corrected chi connectivity index (χ4v) is 2.51. The molecule has 0 atom stereocenters. The van der Waals surface area contributed by atoms with Crippen molar-refractivity contribution >= 4 is 5.82 Å². The van der Waals surface area contributed by atoms with E-state index in [0.29, 0.717) is 0 Å². The Labute approximate surface area is 109 Å². The van der Waals surface area contributed by atoms with E-state index in [1.165, 1.54) is 31.5 Å². The molecule has 1 aromatic rings. The average molecular weight is 249 g/mol. The summed E-state index contributed by atoms with van der Waals surface area (Å²) in [7, 11) is 3.70. The highest BCUT2D eigenvalue weighted by molar-refractivity contribution is 5.36. The Morgan fingerprint density at radius 3 is 2.89 bits per heavy atom. The number of piperidine rings is 1. The van der Waals surface area contributed by atoms with E-state index >= 15 is 0 Å². The van der Waals surface area contributed by atoms with Crippen LogP contribution in [0.3, 0.4) is 0 Å². The molecule has 100 valence electrons. The summed E-state index contributed by atoms with van der Waals surface area (Å²) in [5, 5.41) is 3.08. The summed E-state index contributed by atoms with van der Waals surface area (Å²) in [6, 6.07) is 4.23. The van der Waals surface area contributed by atoms with Crippen molar-refractivity contribution in [1.82, 2.24) is 9.88 Å². The number of anilines is 1. The maximum atomic E-state index is 5.23. The van der Waals surface area contributed by atoms with Gasteiger partial charge in [-0.05, 0) is 49.5 Å². The molecule has 0 radical (unpaired) electrons. The van der Waals surface area contributed by atoms with Crippen LogP contribution in [0.1, 0.15) is 18.4 Å². The van der Waals surface area contributed by atoms with Gasteiger partial charge in [-0.25, -0.2) is 4.98 Å². The van der Waals surface area contributed by atoms with Gasteiger partial charge in [0.15, 0.2) is 0 Å². The molecule has 1 N–H and O–H groups in total. The topological polar surface area (TPSA) is 37.4 Å². The quantitative estimate of drug-likeness (QED) is 0.866. The van der Waals surface area contributed by atoms with Crippen molar-refractivity contribution < 1.29 is 4.74 Å². The molecule has 4 nitrogen and oxygen atoms in total. The number of aromatic nitrogens is 1. The Kier molecular flexibility index (Phi) is 4.96. The van der Waals surface area contributed by atoms with Crippen LogP contribution in [0, 0.1) is 5.92 Å². The molecule has 2 rings (SSSR count). The van der Waals surface area contributed by atoms with Crippen LogP contribution in [0.5, 0.6) is 0 Å². The Balaban J connectivity index is 1.83. The van der Waals surface area contributed by atoms with Crippen LogP contribution in [0.15, 0.2) is 18.3 Å². The Morgan fingerprint density at radius 2 is 2.22 bits per heavy atom. The summed E-state index contributed by atoms with van der Waals surface area (Å²) in [6.07, 6.45) is 4.37. The van der Waals surface area contributed by atoms with Crippen molar-refractivity contribution in [1.29, 1.82) is 0 Å². The van der Waals surface area contributed by atoms with E-state index in [1.807, 2.05) is 13.2 Å². The highest BCUT2D eigenvalue weighted by atomic mass is 16.5. The fraction of sp³-hybridized carbons (Fsp3) is 0.643. The van der Waals surface area contributed by atoms with Crippen molar-refractivity contribution in [3.05, 3.63) is 23.9 Å². The van der Waals surface area contributed by atoms with E-state index in [0.717, 1.165) is 24.9 Å². The molecule has 0 unspecified atom stereocenters. The van der Waals surface area contributed by atoms with Crippen molar-refractivity contribution in [3.63, 3.8) is 0 Å². The minimum Gasteiger partial charge on any atom is -0.384 e. The van der Waals surface area contributed by atoms with Gasteiger partial charge in [0.1, 0.15) is 5.82 Å². The Hall–Kier alpha value is -1.13. The highest BCUT2D eigenvalue weighted by Gasteiger charge is 2.18. The smallest absolute Gasteiger partial charge is 0.125 e. The monoisotopic (exact) mass is 249 g/mol. The van der Waals surface area contributed by atoms with Gasteiger partial charge < -0.3 is 10.1 Å². The normalized spacial score (nSPS) is 17.9. The van der Waals surface area contributed by atoms with Crippen molar-refractivity contribution in [2.45, 2.75) is 19.4 Å². The van der Waals surface area contributed by atoms with Crippen molar-refractivity contribution in [2.24, 2.45) is 5.92 Å². The Morgan fingerprint density at radius 1 is 1.44 bits per heavy atom. The lowest BCUT2D eigenvalue weighted by Gasteiger charge is -2.31. The molecule has 0 saturated carbocycles. The molecule has 1 aliphatic heterocycles. The summed E-state index contributed by atoms with van der Waals surface area (Å²) in [5.74, 6) is 1.69. The molecule has 18 heavy (non-hydrogen) atoms. The molecule has 2 heterocycles. The van der Waals surface area contributed by atoms with Crippen LogP contribution >= 0.6 is 0 Å². The zero-order valence-electron chi connectivity index (χ0n) is 11.4. The van der Waals surface area contributed by atoms with E-state index < -0.39 is 0 Å². The average Bonchev–Trinajstić information content (AvgIpc) is 2.42. The number of hydrogen-bond acceptors (Lipinski definition) is 4. The molecular weight excluding hydrogens is 226 g/mol. The lowest BCUT2D eigenvalue weighted by atomic mass is 9.97. The number of hydrogen-bond donors (Lipinski definition) is 1. The van der Waals surface area contributed by atoms with Gasteiger partial charge in [-0.2, -0.15) is 0 Å². The fourth-order valence-electron chi connectivity index (χ4n) is 2.51. The molecule has 0 aliphatic carbocycles. The van der Waals surface area contributed by atoms with Crippen molar-refractivity contribution in [3.8, 4) is 0 Å². The van der Waals surface area contributed by atoms with Crippen LogP contribution in [0.4, 0.5) is 5.82 Å². The molecule has 4 heteroatoms. The maximum absolute atomic E-state index is 5.23. The predicted molar refractivity (Wildman–Crippen MR) is 73.7 cm³/mol. The first kappa shape index (κ1) is 13.3. The first-order chi connectivity index (χ1) is 8.81. The second-order valence-corrected chi connectivity index (χ2v) is 4.97. The van der Waals surface area contributed by atoms with E-state index in [2.05, 4.69) is 27.3 Å². The van der Waals surface area contributed by atoms with Crippen LogP contribution in [0.25, 0.3) is 0 Å². The van der Waals surface area contributed by atoms with Gasteiger partial charge in [0.2, 0.25) is 0 Å². The van der Waals surface area contributed by atoms with Crippen LogP contribution in [0.2, 0.25) is 0 Å². The van der Waals surface area contributed by atoms with Gasteiger partial charge in [0, 0.05) is 33.5 Å². The lowest BCUT2D eigenvalue weighted by molar-refractivity contribution is 0.0968. The molecule has 0 aromatic carbocycles. The summed E-state index contributed by atoms with van der Waals surface area (Å²) in [4.78, 5) is 6.76. The van der Waals surface area contributed by atoms with Crippen LogP contribution < -0.4 is 5.32 Å². The largest absolute Gasteiger partial charge is 0.384 e. The number of likely N-dealkylation sites (tertiary alicyclic amines) is 1. The third-order valence-electron chi connectivity index (χ3n) is 3.60. The van der Waals surface area contributed by atoms with E-state index in [4.69, 9.17) is 4.74 Å². The minimum atomic E-state index is 0.747. The number of ether oxygens (including phenoxy) is 1. The van der Waals surface area contributed by atoms with Gasteiger partial charge in [0.05, 0.1) is 0 Å². The first-order valence-corrected chi connectivity index (χ1v) is 6.66. The van der Waals surface area contributed by atoms with E-state index in [-0.39, 0.29) is 0 Å². The van der Waals surface area contributed by atoms with Crippen LogP contribution in [-0.4, -0.2) is 43.7 Å². The SMILES string of the molecule is CNc1cc(CN2CCC(COC)CC2)ccn1. The third-order valence-corrected chi connectivity index (χ3v) is 3.60. The molecule has 0 bridgehead atoms. The predicted octanol–water partition coefficient (Wildman–Crippen LogP) is 1.98. The third kappa shape index (κ3) is 3.68. The molecule has 0 amide bonds. The zero-order valence-corrected chi connectivity index (χ0v) is 11.4. The standard InChI is InChI=1S/C14H23N3O/c1-15-14-9-13(3-6-16-14)10-17-7-4-12(5-8-17)11-18-2/h3,6,9,12H,4-5,7-8,10-11H2,1-2H3,(H,15,16). The van der Waals surface area contributed by atoms with Gasteiger partial charge in [-0.3, -0.25) is 4.90 Å². The second-order valence-electron chi connectivity index (χ2n) is 4.97. The number of nitrogens with zero attached hydrogens (tertiary/aromatic N) is 2. The molecule has 1 saturated heterocycles. The lowest BCUT2D eigenvalue weighted by Crippen LogP contribution is -2.34. The minimum absolute atomic E-state index is 0.747. The highest BCUT2D eigenvalue weighted by Crippen LogP contribution is 2.19. The molecule has 1 fully saturated rings. The molecular formula is C14H23N3O. The summed E-state index contributed by atoms with van der Waals surface area (Å²) < 4.78 is 5.23. The summed E-state index contributed by atoms with van der Waals surface area (Å²) >= 11 is 0. The van der Waals surface area contributed by atoms with Crippen LogP contribution in [-0.2, 0) is 11.3 Å². The summed E-state index contributed by atoms with van der Waals surface area (Å²) in [5.41, 5.74) is 1.33. The van der Waals surface area contributed by atoms with Gasteiger partial charge in [0.25, 0.3) is 0 Å². The second kappa shape index (κ2) is 6.71. The first-order valence-electron chi connectivity index (χ1n) is 6.66. The van der Waals surface area contributed by atoms with E-state index in [1.54, 1.807) is 7.11 Å². The number of pyridine rings is 1. The van der Waals surface area contributed by atoms with E-state index in [9.17, 15) is 0 Å². The number of nitrogens with one attached hydrogen (secondary N) is 1. The number of methoxy groups -OCH3 is 1. The van der Waals surface area contributed by atoms with Crippen molar-refractivity contribution in [2.75, 3.05) is 39.2 Å². The molecule has 1 aromatic heterocycles. The van der Waals surface area contributed by atoms with Gasteiger partial charge in [-0.1, -0.05) is 0 Å². The Bertz CT molecular complexity index is 362. The maximum Gasteiger partial charge on any atom is 0.125 e. The van der Waals surface area contributed by atoms with Gasteiger partial charge >= 0.3 is 0 Å².